The molecule has 1 rings (SSSR count). The summed E-state index contributed by atoms with van der Waals surface area (Å²) in [6.45, 7) is 8.56. The molecule has 0 aliphatic heterocycles. The van der Waals surface area contributed by atoms with Crippen molar-refractivity contribution in [2.24, 2.45) is 0 Å². The minimum absolute atomic E-state index is 0.0366. The van der Waals surface area contributed by atoms with Crippen molar-refractivity contribution in [3.8, 4) is 0 Å². The molecule has 5 heteroatoms. The summed E-state index contributed by atoms with van der Waals surface area (Å²) in [5.41, 5.74) is 2.40. The predicted octanol–water partition coefficient (Wildman–Crippen LogP) is 2.67. The molecule has 1 atom stereocenters. The lowest BCUT2D eigenvalue weighted by atomic mass is 10.1. The summed E-state index contributed by atoms with van der Waals surface area (Å²) in [7, 11) is 0. The van der Waals surface area contributed by atoms with Crippen LogP contribution in [0.15, 0.2) is 18.2 Å². The molecule has 5 nitrogen and oxygen atoms in total. The molecule has 0 saturated heterocycles. The fraction of sp³-hybridized carbons (Fsp3) is 0.500. The maximum Gasteiger partial charge on any atom is 0.225 e. The first-order valence-electron chi connectivity index (χ1n) is 7.40. The maximum absolute atomic E-state index is 12.0. The molecule has 0 bridgehead atoms. The Morgan fingerprint density at radius 1 is 1.14 bits per heavy atom. The van der Waals surface area contributed by atoms with Gasteiger partial charge in [0.25, 0.3) is 0 Å². The summed E-state index contributed by atoms with van der Waals surface area (Å²) < 4.78 is 0. The molecule has 0 saturated carbocycles. The van der Waals surface area contributed by atoms with Crippen LogP contribution in [0.3, 0.4) is 0 Å². The summed E-state index contributed by atoms with van der Waals surface area (Å²) in [5, 5.41) is 8.90. The van der Waals surface area contributed by atoms with Crippen molar-refractivity contribution in [3.63, 3.8) is 0 Å². The molecule has 21 heavy (non-hydrogen) atoms. The monoisotopic (exact) mass is 291 g/mol. The van der Waals surface area contributed by atoms with E-state index in [0.717, 1.165) is 17.8 Å². The van der Waals surface area contributed by atoms with Crippen LogP contribution in [0.5, 0.6) is 0 Å². The predicted molar refractivity (Wildman–Crippen MR) is 86.5 cm³/mol. The van der Waals surface area contributed by atoms with Gasteiger partial charge < -0.3 is 16.0 Å². The summed E-state index contributed by atoms with van der Waals surface area (Å²) >= 11 is 0. The number of hydrogen-bond acceptors (Lipinski definition) is 3. The Morgan fingerprint density at radius 2 is 1.86 bits per heavy atom. The standard InChI is InChI=1S/C16H25N3O2/c1-5-15(20)18-13-8-7-11(3)14(10-13)19-16(21)9-12(4)17-6-2/h7-8,10,12,17H,5-6,9H2,1-4H3,(H,18,20)(H,19,21). The second kappa shape index (κ2) is 8.42. The van der Waals surface area contributed by atoms with E-state index >= 15 is 0 Å². The Balaban J connectivity index is 2.71. The smallest absolute Gasteiger partial charge is 0.225 e. The zero-order valence-corrected chi connectivity index (χ0v) is 13.2. The fourth-order valence-electron chi connectivity index (χ4n) is 1.98. The molecule has 0 aliphatic rings. The first-order chi connectivity index (χ1) is 9.96. The summed E-state index contributed by atoms with van der Waals surface area (Å²) in [4.78, 5) is 23.4. The van der Waals surface area contributed by atoms with E-state index in [-0.39, 0.29) is 17.9 Å². The van der Waals surface area contributed by atoms with Crippen LogP contribution in [0.2, 0.25) is 0 Å². The normalized spacial score (nSPS) is 11.8. The molecule has 0 spiro atoms. The van der Waals surface area contributed by atoms with Crippen molar-refractivity contribution in [1.82, 2.24) is 5.32 Å². The number of carbonyl (C=O) groups is 2. The number of benzene rings is 1. The molecule has 1 aromatic carbocycles. The van der Waals surface area contributed by atoms with Gasteiger partial charge in [-0.05, 0) is 38.1 Å². The van der Waals surface area contributed by atoms with Crippen LogP contribution >= 0.6 is 0 Å². The molecular formula is C16H25N3O2. The molecule has 2 amide bonds. The summed E-state index contributed by atoms with van der Waals surface area (Å²) in [6.07, 6.45) is 0.842. The number of carbonyl (C=O) groups excluding carboxylic acids is 2. The van der Waals surface area contributed by atoms with Gasteiger partial charge in [-0.3, -0.25) is 9.59 Å². The van der Waals surface area contributed by atoms with Crippen LogP contribution in [-0.4, -0.2) is 24.4 Å². The molecule has 3 N–H and O–H groups in total. The molecule has 1 unspecified atom stereocenters. The number of hydrogen-bond donors (Lipinski definition) is 3. The minimum atomic E-state index is -0.0445. The largest absolute Gasteiger partial charge is 0.326 e. The SMILES string of the molecule is CCNC(C)CC(=O)Nc1cc(NC(=O)CC)ccc1C. The molecule has 0 fully saturated rings. The zero-order chi connectivity index (χ0) is 15.8. The average Bonchev–Trinajstić information content (AvgIpc) is 2.42. The Labute approximate surface area is 126 Å². The van der Waals surface area contributed by atoms with E-state index in [1.165, 1.54) is 0 Å². The number of aryl methyl sites for hydroxylation is 1. The van der Waals surface area contributed by atoms with Gasteiger partial charge >= 0.3 is 0 Å². The minimum Gasteiger partial charge on any atom is -0.326 e. The molecule has 0 aromatic heterocycles. The van der Waals surface area contributed by atoms with Crippen molar-refractivity contribution in [3.05, 3.63) is 23.8 Å². The van der Waals surface area contributed by atoms with Crippen LogP contribution in [0.4, 0.5) is 11.4 Å². The van der Waals surface area contributed by atoms with Crippen molar-refractivity contribution in [1.29, 1.82) is 0 Å². The summed E-state index contributed by atoms with van der Waals surface area (Å²) in [5.74, 6) is -0.0811. The third-order valence-electron chi connectivity index (χ3n) is 3.16. The number of nitrogens with one attached hydrogen (secondary N) is 3. The highest BCUT2D eigenvalue weighted by Crippen LogP contribution is 2.20. The first kappa shape index (κ1) is 17.2. The van der Waals surface area contributed by atoms with E-state index in [1.54, 1.807) is 13.0 Å². The molecule has 0 radical (unpaired) electrons. The summed E-state index contributed by atoms with van der Waals surface area (Å²) in [6, 6.07) is 5.64. The van der Waals surface area contributed by atoms with E-state index in [1.807, 2.05) is 32.9 Å². The number of amides is 2. The Kier molecular flexibility index (Phi) is 6.88. The van der Waals surface area contributed by atoms with E-state index in [9.17, 15) is 9.59 Å². The average molecular weight is 291 g/mol. The Bertz CT molecular complexity index is 500. The van der Waals surface area contributed by atoms with Gasteiger partial charge in [-0.2, -0.15) is 0 Å². The topological polar surface area (TPSA) is 70.2 Å². The molecule has 1 aromatic rings. The second-order valence-electron chi connectivity index (χ2n) is 5.14. The van der Waals surface area contributed by atoms with E-state index in [4.69, 9.17) is 0 Å². The van der Waals surface area contributed by atoms with Gasteiger partial charge in [0.15, 0.2) is 0 Å². The maximum atomic E-state index is 12.0. The van der Waals surface area contributed by atoms with Crippen LogP contribution in [0, 0.1) is 6.92 Å². The highest BCUT2D eigenvalue weighted by Gasteiger charge is 2.10. The van der Waals surface area contributed by atoms with Crippen molar-refractivity contribution in [2.75, 3.05) is 17.2 Å². The van der Waals surface area contributed by atoms with Gasteiger partial charge in [-0.15, -0.1) is 0 Å². The van der Waals surface area contributed by atoms with Crippen LogP contribution in [0.1, 0.15) is 39.2 Å². The van der Waals surface area contributed by atoms with Crippen molar-refractivity contribution < 1.29 is 9.59 Å². The van der Waals surface area contributed by atoms with Crippen LogP contribution < -0.4 is 16.0 Å². The lowest BCUT2D eigenvalue weighted by Gasteiger charge is -2.14. The second-order valence-corrected chi connectivity index (χ2v) is 5.14. The molecule has 0 aliphatic carbocycles. The highest BCUT2D eigenvalue weighted by atomic mass is 16.2. The Morgan fingerprint density at radius 3 is 2.48 bits per heavy atom. The fourth-order valence-corrected chi connectivity index (χ4v) is 1.98. The van der Waals surface area contributed by atoms with Crippen molar-refractivity contribution >= 4 is 23.2 Å². The lowest BCUT2D eigenvalue weighted by Crippen LogP contribution is -2.30. The van der Waals surface area contributed by atoms with E-state index < -0.39 is 0 Å². The van der Waals surface area contributed by atoms with Gasteiger partial charge in [0.1, 0.15) is 0 Å². The number of rotatable bonds is 7. The number of anilines is 2. The third-order valence-corrected chi connectivity index (χ3v) is 3.16. The van der Waals surface area contributed by atoms with Crippen LogP contribution in [-0.2, 0) is 9.59 Å². The molecule has 116 valence electrons. The lowest BCUT2D eigenvalue weighted by molar-refractivity contribution is -0.117. The highest BCUT2D eigenvalue weighted by molar-refractivity contribution is 5.94. The Hall–Kier alpha value is -1.88. The third kappa shape index (κ3) is 5.95. The van der Waals surface area contributed by atoms with Gasteiger partial charge in [0.05, 0.1) is 0 Å². The van der Waals surface area contributed by atoms with Gasteiger partial charge in [-0.1, -0.05) is 19.9 Å². The molecular weight excluding hydrogens is 266 g/mol. The molecule has 0 heterocycles. The quantitative estimate of drug-likeness (QED) is 0.723. The van der Waals surface area contributed by atoms with Gasteiger partial charge in [-0.25, -0.2) is 0 Å². The van der Waals surface area contributed by atoms with Gasteiger partial charge in [0.2, 0.25) is 11.8 Å². The van der Waals surface area contributed by atoms with Crippen molar-refractivity contribution in [2.45, 2.75) is 46.6 Å². The van der Waals surface area contributed by atoms with Gasteiger partial charge in [0, 0.05) is 30.3 Å². The van der Waals surface area contributed by atoms with E-state index in [0.29, 0.717) is 18.5 Å². The zero-order valence-electron chi connectivity index (χ0n) is 13.2. The van der Waals surface area contributed by atoms with Crippen LogP contribution in [0.25, 0.3) is 0 Å². The first-order valence-corrected chi connectivity index (χ1v) is 7.40. The van der Waals surface area contributed by atoms with E-state index in [2.05, 4.69) is 16.0 Å².